The van der Waals surface area contributed by atoms with E-state index in [1.807, 2.05) is 4.90 Å². The average molecular weight is 401 g/mol. The lowest BCUT2D eigenvalue weighted by atomic mass is 9.86. The predicted molar refractivity (Wildman–Crippen MR) is 92.8 cm³/mol. The molecule has 142 valence electrons. The number of alkyl halides is 3. The minimum atomic E-state index is -4.59. The number of rotatable bonds is 3. The molecule has 1 aromatic carbocycles. The Morgan fingerprint density at radius 2 is 1.72 bits per heavy atom. The summed E-state index contributed by atoms with van der Waals surface area (Å²) in [6.07, 6.45) is -0.963. The maximum atomic E-state index is 14.8. The quantitative estimate of drug-likeness (QED) is 0.713. The first kappa shape index (κ1) is 20.7. The molecule has 3 rings (SSSR count). The summed E-state index contributed by atoms with van der Waals surface area (Å²) in [5.41, 5.74) is -1.15. The standard InChI is InChI=1S/C17H21ClF4N2.ClH/c18-13-6-5-12(17(20,21)22)14(15(13)19)16(11-3-1-2-4-11)24-9-7-23-8-10-24;/h5-6,11,16,23H,1-4,7-10H2;1H/t16-;/m1./s1. The molecule has 2 nitrogen and oxygen atoms in total. The van der Waals surface area contributed by atoms with E-state index in [-0.39, 0.29) is 28.9 Å². The zero-order chi connectivity index (χ0) is 17.3. The molecule has 1 aromatic rings. The van der Waals surface area contributed by atoms with Crippen molar-refractivity contribution >= 4 is 24.0 Å². The van der Waals surface area contributed by atoms with Gasteiger partial charge in [-0.2, -0.15) is 13.2 Å². The maximum Gasteiger partial charge on any atom is 0.416 e. The van der Waals surface area contributed by atoms with Gasteiger partial charge in [-0.15, -0.1) is 12.4 Å². The highest BCUT2D eigenvalue weighted by Gasteiger charge is 2.42. The van der Waals surface area contributed by atoms with Crippen LogP contribution in [-0.4, -0.2) is 31.1 Å². The van der Waals surface area contributed by atoms with Gasteiger partial charge in [0.1, 0.15) is 5.82 Å². The summed E-state index contributed by atoms with van der Waals surface area (Å²) in [6.45, 7) is 2.63. The van der Waals surface area contributed by atoms with Gasteiger partial charge in [0, 0.05) is 37.8 Å². The van der Waals surface area contributed by atoms with Crippen LogP contribution in [0.25, 0.3) is 0 Å². The normalized spacial score (nSPS) is 21.2. The lowest BCUT2D eigenvalue weighted by molar-refractivity contribution is -0.139. The number of hydrogen-bond donors (Lipinski definition) is 1. The topological polar surface area (TPSA) is 15.3 Å². The van der Waals surface area contributed by atoms with Gasteiger partial charge in [0.15, 0.2) is 0 Å². The van der Waals surface area contributed by atoms with Gasteiger partial charge < -0.3 is 5.32 Å². The van der Waals surface area contributed by atoms with Crippen molar-refractivity contribution in [2.24, 2.45) is 5.92 Å². The van der Waals surface area contributed by atoms with E-state index in [9.17, 15) is 17.6 Å². The first-order valence-electron chi connectivity index (χ1n) is 8.39. The van der Waals surface area contributed by atoms with Crippen molar-refractivity contribution in [1.29, 1.82) is 0 Å². The van der Waals surface area contributed by atoms with E-state index in [0.717, 1.165) is 37.8 Å². The summed E-state index contributed by atoms with van der Waals surface area (Å²) < 4.78 is 55.4. The molecule has 25 heavy (non-hydrogen) atoms. The Labute approximate surface area is 156 Å². The average Bonchev–Trinajstić information content (AvgIpc) is 3.06. The fourth-order valence-corrected chi connectivity index (χ4v) is 4.22. The van der Waals surface area contributed by atoms with Gasteiger partial charge in [-0.05, 0) is 30.9 Å². The highest BCUT2D eigenvalue weighted by Crippen LogP contribution is 2.46. The van der Waals surface area contributed by atoms with Gasteiger partial charge in [-0.25, -0.2) is 4.39 Å². The van der Waals surface area contributed by atoms with Crippen LogP contribution < -0.4 is 5.32 Å². The Kier molecular flexibility index (Phi) is 6.99. The van der Waals surface area contributed by atoms with E-state index >= 15 is 0 Å². The van der Waals surface area contributed by atoms with E-state index in [1.165, 1.54) is 0 Å². The van der Waals surface area contributed by atoms with Crippen molar-refractivity contribution in [3.05, 3.63) is 34.1 Å². The van der Waals surface area contributed by atoms with Crippen LogP contribution in [0.1, 0.15) is 42.9 Å². The number of nitrogens with zero attached hydrogens (tertiary/aromatic N) is 1. The number of benzene rings is 1. The molecule has 2 fully saturated rings. The Balaban J connectivity index is 0.00000225. The highest BCUT2D eigenvalue weighted by molar-refractivity contribution is 6.30. The summed E-state index contributed by atoms with van der Waals surface area (Å²) in [5, 5.41) is 2.96. The van der Waals surface area contributed by atoms with E-state index < -0.39 is 23.6 Å². The van der Waals surface area contributed by atoms with E-state index in [0.29, 0.717) is 26.2 Å². The Morgan fingerprint density at radius 3 is 2.28 bits per heavy atom. The fraction of sp³-hybridized carbons (Fsp3) is 0.647. The monoisotopic (exact) mass is 400 g/mol. The lowest BCUT2D eigenvalue weighted by Gasteiger charge is -2.39. The summed E-state index contributed by atoms with van der Waals surface area (Å²) in [6, 6.07) is 1.36. The van der Waals surface area contributed by atoms with Crippen LogP contribution >= 0.6 is 24.0 Å². The zero-order valence-electron chi connectivity index (χ0n) is 13.7. The zero-order valence-corrected chi connectivity index (χ0v) is 15.3. The Bertz CT molecular complexity index is 583. The molecule has 2 aliphatic rings. The van der Waals surface area contributed by atoms with Crippen LogP contribution in [0, 0.1) is 11.7 Å². The molecule has 1 heterocycles. The molecule has 1 saturated heterocycles. The van der Waals surface area contributed by atoms with E-state index in [1.54, 1.807) is 0 Å². The molecule has 1 aliphatic heterocycles. The molecule has 0 unspecified atom stereocenters. The Hall–Kier alpha value is -0.560. The van der Waals surface area contributed by atoms with Gasteiger partial charge in [-0.1, -0.05) is 24.4 Å². The molecule has 0 radical (unpaired) electrons. The maximum absolute atomic E-state index is 14.8. The van der Waals surface area contributed by atoms with Crippen molar-refractivity contribution in [3.63, 3.8) is 0 Å². The first-order chi connectivity index (χ1) is 11.4. The molecule has 1 atom stereocenters. The number of hydrogen-bond acceptors (Lipinski definition) is 2. The fourth-order valence-electron chi connectivity index (χ4n) is 4.05. The summed E-state index contributed by atoms with van der Waals surface area (Å²) in [7, 11) is 0. The molecule has 1 saturated carbocycles. The third kappa shape index (κ3) is 4.41. The van der Waals surface area contributed by atoms with Crippen LogP contribution in [0.2, 0.25) is 5.02 Å². The molecule has 1 aliphatic carbocycles. The van der Waals surface area contributed by atoms with Gasteiger partial charge in [-0.3, -0.25) is 4.90 Å². The largest absolute Gasteiger partial charge is 0.416 e. The summed E-state index contributed by atoms with van der Waals surface area (Å²) in [4.78, 5) is 2.00. The Morgan fingerprint density at radius 1 is 1.12 bits per heavy atom. The van der Waals surface area contributed by atoms with Gasteiger partial charge in [0.05, 0.1) is 10.6 Å². The van der Waals surface area contributed by atoms with Crippen molar-refractivity contribution < 1.29 is 17.6 Å². The lowest BCUT2D eigenvalue weighted by Crippen LogP contribution is -2.47. The second kappa shape index (κ2) is 8.42. The number of halogens is 6. The second-order valence-electron chi connectivity index (χ2n) is 6.60. The van der Waals surface area contributed by atoms with Crippen molar-refractivity contribution in [1.82, 2.24) is 10.2 Å². The van der Waals surface area contributed by atoms with Crippen LogP contribution in [0.4, 0.5) is 17.6 Å². The van der Waals surface area contributed by atoms with E-state index in [2.05, 4.69) is 5.32 Å². The molecular formula is C17H22Cl2F4N2. The number of piperazine rings is 1. The third-order valence-corrected chi connectivity index (χ3v) is 5.42. The molecule has 0 bridgehead atoms. The van der Waals surface area contributed by atoms with Gasteiger partial charge >= 0.3 is 6.18 Å². The minimum absolute atomic E-state index is 0. The van der Waals surface area contributed by atoms with E-state index in [4.69, 9.17) is 11.6 Å². The molecule has 1 N–H and O–H groups in total. The molecule has 0 amide bonds. The summed E-state index contributed by atoms with van der Waals surface area (Å²) >= 11 is 5.85. The second-order valence-corrected chi connectivity index (χ2v) is 7.00. The summed E-state index contributed by atoms with van der Waals surface area (Å²) in [5.74, 6) is -0.876. The van der Waals surface area contributed by atoms with Crippen molar-refractivity contribution in [3.8, 4) is 0 Å². The van der Waals surface area contributed by atoms with Crippen LogP contribution in [0.3, 0.4) is 0 Å². The van der Waals surface area contributed by atoms with Crippen LogP contribution in [0.15, 0.2) is 12.1 Å². The van der Waals surface area contributed by atoms with Gasteiger partial charge in [0.25, 0.3) is 0 Å². The first-order valence-corrected chi connectivity index (χ1v) is 8.77. The van der Waals surface area contributed by atoms with Crippen LogP contribution in [0.5, 0.6) is 0 Å². The van der Waals surface area contributed by atoms with Crippen LogP contribution in [-0.2, 0) is 6.18 Å². The van der Waals surface area contributed by atoms with Gasteiger partial charge in [0.2, 0.25) is 0 Å². The minimum Gasteiger partial charge on any atom is -0.314 e. The predicted octanol–water partition coefficient (Wildman–Crippen LogP) is 5.06. The third-order valence-electron chi connectivity index (χ3n) is 5.13. The smallest absolute Gasteiger partial charge is 0.314 e. The number of nitrogens with one attached hydrogen (secondary N) is 1. The molecule has 8 heteroatoms. The molecular weight excluding hydrogens is 379 g/mol. The van der Waals surface area contributed by atoms with Crippen molar-refractivity contribution in [2.45, 2.75) is 37.9 Å². The SMILES string of the molecule is Cl.Fc1c(Cl)ccc(C(F)(F)F)c1[C@@H](C1CCCC1)N1CCNCC1. The molecule has 0 spiro atoms. The highest BCUT2D eigenvalue weighted by atomic mass is 35.5. The molecule has 0 aromatic heterocycles. The van der Waals surface area contributed by atoms with Crippen molar-refractivity contribution in [2.75, 3.05) is 26.2 Å².